The Balaban J connectivity index is 2.32. The van der Waals surface area contributed by atoms with Crippen LogP contribution in [-0.2, 0) is 9.84 Å². The molecule has 18 heavy (non-hydrogen) atoms. The summed E-state index contributed by atoms with van der Waals surface area (Å²) in [6, 6.07) is 0. The Bertz CT molecular complexity index is 664. The number of sulfone groups is 1. The largest absolute Gasteiger partial charge is 0.382 e. The number of imidazole rings is 1. The zero-order valence-electron chi connectivity index (χ0n) is 10.2. The number of rotatable bonds is 4. The molecule has 0 saturated heterocycles. The Morgan fingerprint density at radius 3 is 2.89 bits per heavy atom. The smallest absolute Gasteiger partial charge is 0.180 e. The van der Waals surface area contributed by atoms with Crippen molar-refractivity contribution in [2.75, 3.05) is 36.2 Å². The van der Waals surface area contributed by atoms with Crippen LogP contribution in [0.15, 0.2) is 18.6 Å². The number of anilines is 2. The molecule has 2 N–H and O–H groups in total. The molecule has 2 heterocycles. The maximum absolute atomic E-state index is 11.2. The van der Waals surface area contributed by atoms with Crippen molar-refractivity contribution in [2.45, 2.75) is 0 Å². The van der Waals surface area contributed by atoms with Crippen LogP contribution in [0, 0.1) is 0 Å². The number of hydrogen-bond acceptors (Lipinski definition) is 6. The molecule has 0 bridgehead atoms. The normalized spacial score (nSPS) is 11.9. The first-order valence-corrected chi connectivity index (χ1v) is 7.41. The van der Waals surface area contributed by atoms with Gasteiger partial charge in [-0.15, -0.1) is 0 Å². The first-order chi connectivity index (χ1) is 8.37. The second-order valence-corrected chi connectivity index (χ2v) is 6.46. The van der Waals surface area contributed by atoms with E-state index in [9.17, 15) is 8.42 Å². The predicted molar refractivity (Wildman–Crippen MR) is 70.4 cm³/mol. The van der Waals surface area contributed by atoms with Crippen molar-refractivity contribution in [3.63, 3.8) is 0 Å². The number of nitrogen functional groups attached to an aromatic ring is 1. The molecule has 0 radical (unpaired) electrons. The van der Waals surface area contributed by atoms with Gasteiger partial charge in [0.25, 0.3) is 0 Å². The lowest BCUT2D eigenvalue weighted by molar-refractivity contribution is 0.601. The van der Waals surface area contributed by atoms with Crippen molar-refractivity contribution >= 4 is 27.1 Å². The average molecular weight is 269 g/mol. The molecule has 8 heteroatoms. The van der Waals surface area contributed by atoms with Crippen LogP contribution < -0.4 is 10.6 Å². The predicted octanol–water partition coefficient (Wildman–Crippen LogP) is -0.208. The number of aromatic nitrogens is 3. The summed E-state index contributed by atoms with van der Waals surface area (Å²) >= 11 is 0. The molecule has 2 aromatic rings. The van der Waals surface area contributed by atoms with E-state index in [1.165, 1.54) is 6.26 Å². The lowest BCUT2D eigenvalue weighted by atomic mass is 10.5. The minimum absolute atomic E-state index is 0.0623. The van der Waals surface area contributed by atoms with Crippen LogP contribution in [0.25, 0.3) is 5.65 Å². The minimum atomic E-state index is -3.01. The van der Waals surface area contributed by atoms with E-state index in [0.29, 0.717) is 23.8 Å². The molecule has 2 rings (SSSR count). The lowest BCUT2D eigenvalue weighted by Gasteiger charge is -2.18. The fourth-order valence-corrected chi connectivity index (χ4v) is 2.20. The molecule has 98 valence electrons. The van der Waals surface area contributed by atoms with Gasteiger partial charge >= 0.3 is 0 Å². The zero-order valence-corrected chi connectivity index (χ0v) is 11.1. The summed E-state index contributed by atoms with van der Waals surface area (Å²) in [5.41, 5.74) is 6.35. The SMILES string of the molecule is CN(CCS(C)(=O)=O)c1nc(N)cn2ccnc12. The average Bonchev–Trinajstić information content (AvgIpc) is 2.71. The van der Waals surface area contributed by atoms with Crippen LogP contribution in [0.4, 0.5) is 11.6 Å². The van der Waals surface area contributed by atoms with Crippen LogP contribution in [0.3, 0.4) is 0 Å². The summed E-state index contributed by atoms with van der Waals surface area (Å²) < 4.78 is 24.1. The van der Waals surface area contributed by atoms with Crippen LogP contribution in [0.5, 0.6) is 0 Å². The Kier molecular flexibility index (Phi) is 3.12. The Hall–Kier alpha value is -1.83. The van der Waals surface area contributed by atoms with E-state index in [1.807, 2.05) is 0 Å². The number of fused-ring (bicyclic) bond motifs is 1. The molecule has 0 aliphatic rings. The molecular formula is C10H15N5O2S. The topological polar surface area (TPSA) is 93.6 Å². The van der Waals surface area contributed by atoms with E-state index in [1.54, 1.807) is 34.9 Å². The minimum Gasteiger partial charge on any atom is -0.382 e. The van der Waals surface area contributed by atoms with Crippen LogP contribution in [0.1, 0.15) is 0 Å². The van der Waals surface area contributed by atoms with Gasteiger partial charge in [-0.3, -0.25) is 0 Å². The number of hydrogen-bond donors (Lipinski definition) is 1. The highest BCUT2D eigenvalue weighted by Crippen LogP contribution is 2.17. The van der Waals surface area contributed by atoms with E-state index in [0.717, 1.165) is 0 Å². The molecule has 2 aromatic heterocycles. The summed E-state index contributed by atoms with van der Waals surface area (Å²) in [5, 5.41) is 0. The molecule has 0 atom stereocenters. The van der Waals surface area contributed by atoms with Gasteiger partial charge in [0, 0.05) is 32.2 Å². The fraction of sp³-hybridized carbons (Fsp3) is 0.400. The molecule has 0 aromatic carbocycles. The molecule has 0 saturated carbocycles. The molecule has 7 nitrogen and oxygen atoms in total. The van der Waals surface area contributed by atoms with Gasteiger partial charge < -0.3 is 15.0 Å². The molecule has 0 spiro atoms. The van der Waals surface area contributed by atoms with Gasteiger partial charge in [0.1, 0.15) is 15.7 Å². The Morgan fingerprint density at radius 1 is 1.50 bits per heavy atom. The van der Waals surface area contributed by atoms with E-state index in [-0.39, 0.29) is 5.75 Å². The van der Waals surface area contributed by atoms with E-state index in [4.69, 9.17) is 5.73 Å². The first kappa shape index (κ1) is 12.6. The monoisotopic (exact) mass is 269 g/mol. The number of nitrogens with zero attached hydrogens (tertiary/aromatic N) is 4. The second kappa shape index (κ2) is 4.45. The van der Waals surface area contributed by atoms with Crippen molar-refractivity contribution in [2.24, 2.45) is 0 Å². The third-order valence-electron chi connectivity index (χ3n) is 2.53. The maximum Gasteiger partial charge on any atom is 0.180 e. The molecular weight excluding hydrogens is 254 g/mol. The van der Waals surface area contributed by atoms with Crippen molar-refractivity contribution in [1.82, 2.24) is 14.4 Å². The lowest BCUT2D eigenvalue weighted by Crippen LogP contribution is -2.26. The summed E-state index contributed by atoms with van der Waals surface area (Å²) in [6.07, 6.45) is 6.28. The molecule has 0 aliphatic heterocycles. The van der Waals surface area contributed by atoms with Crippen LogP contribution in [0.2, 0.25) is 0 Å². The molecule has 0 fully saturated rings. The molecule has 0 unspecified atom stereocenters. The highest BCUT2D eigenvalue weighted by atomic mass is 32.2. The van der Waals surface area contributed by atoms with Crippen molar-refractivity contribution in [1.29, 1.82) is 0 Å². The van der Waals surface area contributed by atoms with Gasteiger partial charge in [-0.1, -0.05) is 0 Å². The first-order valence-electron chi connectivity index (χ1n) is 5.35. The van der Waals surface area contributed by atoms with Crippen molar-refractivity contribution < 1.29 is 8.42 Å². The highest BCUT2D eigenvalue weighted by Gasteiger charge is 2.12. The van der Waals surface area contributed by atoms with Gasteiger partial charge in [-0.2, -0.15) is 0 Å². The van der Waals surface area contributed by atoms with E-state index in [2.05, 4.69) is 9.97 Å². The molecule has 0 aliphatic carbocycles. The van der Waals surface area contributed by atoms with Gasteiger partial charge in [-0.25, -0.2) is 18.4 Å². The van der Waals surface area contributed by atoms with E-state index < -0.39 is 9.84 Å². The van der Waals surface area contributed by atoms with Crippen molar-refractivity contribution in [3.05, 3.63) is 18.6 Å². The summed E-state index contributed by atoms with van der Waals surface area (Å²) in [5.74, 6) is 0.998. The third-order valence-corrected chi connectivity index (χ3v) is 3.46. The van der Waals surface area contributed by atoms with Crippen LogP contribution in [-0.4, -0.2) is 48.4 Å². The van der Waals surface area contributed by atoms with Gasteiger partial charge in [0.15, 0.2) is 11.5 Å². The fourth-order valence-electron chi connectivity index (χ4n) is 1.60. The summed E-state index contributed by atoms with van der Waals surface area (Å²) in [6.45, 7) is 0.345. The van der Waals surface area contributed by atoms with Gasteiger partial charge in [0.2, 0.25) is 0 Å². The van der Waals surface area contributed by atoms with Gasteiger partial charge in [0.05, 0.1) is 11.9 Å². The molecule has 0 amide bonds. The van der Waals surface area contributed by atoms with Crippen LogP contribution >= 0.6 is 0 Å². The highest BCUT2D eigenvalue weighted by molar-refractivity contribution is 7.90. The standard InChI is InChI=1S/C10H15N5O2S/c1-14(5-6-18(2,16)17)10-9-12-3-4-15(9)7-8(11)13-10/h3-4,7H,5-6,11H2,1-2H3. The van der Waals surface area contributed by atoms with Crippen molar-refractivity contribution in [3.8, 4) is 0 Å². The third kappa shape index (κ3) is 2.70. The maximum atomic E-state index is 11.2. The quantitative estimate of drug-likeness (QED) is 0.825. The zero-order chi connectivity index (χ0) is 13.3. The van der Waals surface area contributed by atoms with E-state index >= 15 is 0 Å². The summed E-state index contributed by atoms with van der Waals surface area (Å²) in [4.78, 5) is 10.1. The summed E-state index contributed by atoms with van der Waals surface area (Å²) in [7, 11) is -1.24. The number of nitrogens with two attached hydrogens (primary N) is 1. The second-order valence-electron chi connectivity index (χ2n) is 4.20. The van der Waals surface area contributed by atoms with Gasteiger partial charge in [-0.05, 0) is 0 Å². The Labute approximate surface area is 105 Å². The Morgan fingerprint density at radius 2 is 2.22 bits per heavy atom.